The maximum atomic E-state index is 13.5. The Balaban J connectivity index is 2.07. The van der Waals surface area contributed by atoms with Gasteiger partial charge in [-0.25, -0.2) is 4.39 Å². The molecule has 0 fully saturated rings. The summed E-state index contributed by atoms with van der Waals surface area (Å²) in [6, 6.07) is 13.8. The molecule has 1 atom stereocenters. The summed E-state index contributed by atoms with van der Waals surface area (Å²) < 4.78 is 13.5. The quantitative estimate of drug-likeness (QED) is 0.814. The van der Waals surface area contributed by atoms with Crippen molar-refractivity contribution in [2.75, 3.05) is 12.8 Å². The average Bonchev–Trinajstić information content (AvgIpc) is 2.40. The Morgan fingerprint density at radius 1 is 1.05 bits per heavy atom. The zero-order valence-corrected chi connectivity index (χ0v) is 12.9. The first-order valence-electron chi connectivity index (χ1n) is 6.72. The van der Waals surface area contributed by atoms with E-state index in [2.05, 4.69) is 36.5 Å². The Kier molecular flexibility index (Phi) is 5.21. The Morgan fingerprint density at radius 2 is 1.75 bits per heavy atom. The predicted octanol–water partition coefficient (Wildman–Crippen LogP) is 4.50. The Labute approximate surface area is 124 Å². The second-order valence-corrected chi connectivity index (χ2v) is 6.12. The number of aryl methyl sites for hydroxylation is 2. The zero-order chi connectivity index (χ0) is 14.5. The van der Waals surface area contributed by atoms with Gasteiger partial charge >= 0.3 is 0 Å². The summed E-state index contributed by atoms with van der Waals surface area (Å²) in [6.45, 7) is 4.01. The normalized spacial score (nSPS) is 12.4. The minimum Gasteiger partial charge on any atom is -0.312 e. The van der Waals surface area contributed by atoms with E-state index < -0.39 is 0 Å². The molecule has 3 heteroatoms. The van der Waals surface area contributed by atoms with Crippen LogP contribution in [0.15, 0.2) is 47.4 Å². The highest BCUT2D eigenvalue weighted by atomic mass is 32.2. The lowest BCUT2D eigenvalue weighted by Crippen LogP contribution is -2.19. The predicted molar refractivity (Wildman–Crippen MR) is 84.8 cm³/mol. The molecule has 20 heavy (non-hydrogen) atoms. The highest BCUT2D eigenvalue weighted by molar-refractivity contribution is 7.99. The van der Waals surface area contributed by atoms with E-state index in [1.54, 1.807) is 23.9 Å². The highest BCUT2D eigenvalue weighted by Gasteiger charge is 2.11. The number of rotatable bonds is 5. The number of nitrogens with one attached hydrogen (secondary N) is 1. The van der Waals surface area contributed by atoms with Crippen molar-refractivity contribution in [2.45, 2.75) is 24.8 Å². The molecule has 0 saturated heterocycles. The Morgan fingerprint density at radius 3 is 2.35 bits per heavy atom. The molecular formula is C17H20FNS. The lowest BCUT2D eigenvalue weighted by Gasteiger charge is -2.17. The molecule has 0 amide bonds. The third-order valence-electron chi connectivity index (χ3n) is 3.25. The van der Waals surface area contributed by atoms with Gasteiger partial charge in [-0.05, 0) is 56.3 Å². The van der Waals surface area contributed by atoms with Crippen LogP contribution in [0.1, 0.15) is 22.7 Å². The van der Waals surface area contributed by atoms with Gasteiger partial charge in [-0.15, -0.1) is 11.8 Å². The second-order valence-electron chi connectivity index (χ2n) is 5.03. The monoisotopic (exact) mass is 289 g/mol. The van der Waals surface area contributed by atoms with E-state index in [4.69, 9.17) is 0 Å². The minimum absolute atomic E-state index is 0.149. The third kappa shape index (κ3) is 4.09. The van der Waals surface area contributed by atoms with Gasteiger partial charge in [-0.2, -0.15) is 0 Å². The van der Waals surface area contributed by atoms with Crippen LogP contribution >= 0.6 is 11.8 Å². The number of thioether (sulfide) groups is 1. The molecule has 0 aromatic heterocycles. The minimum atomic E-state index is -0.166. The van der Waals surface area contributed by atoms with E-state index >= 15 is 0 Å². The van der Waals surface area contributed by atoms with Crippen LogP contribution in [-0.2, 0) is 0 Å². The zero-order valence-electron chi connectivity index (χ0n) is 12.1. The van der Waals surface area contributed by atoms with Gasteiger partial charge in [-0.3, -0.25) is 0 Å². The molecule has 2 aromatic rings. The summed E-state index contributed by atoms with van der Waals surface area (Å²) in [5, 5.41) is 3.27. The van der Waals surface area contributed by atoms with E-state index in [1.165, 1.54) is 10.5 Å². The summed E-state index contributed by atoms with van der Waals surface area (Å²) in [5.74, 6) is 0.711. The molecule has 106 valence electrons. The second kappa shape index (κ2) is 6.91. The Bertz CT molecular complexity index is 545. The fourth-order valence-electron chi connectivity index (χ4n) is 2.13. The Hall–Kier alpha value is -1.32. The van der Waals surface area contributed by atoms with Crippen LogP contribution in [0.5, 0.6) is 0 Å². The SMILES string of the molecule is CNC(CSc1ccc(C)cc1)c1cc(C)cc(F)c1. The van der Waals surface area contributed by atoms with Crippen LogP contribution in [0.2, 0.25) is 0 Å². The van der Waals surface area contributed by atoms with Gasteiger partial charge in [0.25, 0.3) is 0 Å². The molecule has 0 aliphatic rings. The third-order valence-corrected chi connectivity index (χ3v) is 4.36. The van der Waals surface area contributed by atoms with E-state index in [9.17, 15) is 4.39 Å². The van der Waals surface area contributed by atoms with E-state index in [0.717, 1.165) is 16.9 Å². The fourth-order valence-corrected chi connectivity index (χ4v) is 3.17. The molecule has 1 N–H and O–H groups in total. The van der Waals surface area contributed by atoms with Crippen LogP contribution in [0.3, 0.4) is 0 Å². The standard InChI is InChI=1S/C17H20FNS/c1-12-4-6-16(7-5-12)20-11-17(19-3)14-8-13(2)9-15(18)10-14/h4-10,17,19H,11H2,1-3H3. The number of halogens is 1. The van der Waals surface area contributed by atoms with Crippen molar-refractivity contribution < 1.29 is 4.39 Å². The number of hydrogen-bond acceptors (Lipinski definition) is 2. The van der Waals surface area contributed by atoms with Crippen LogP contribution < -0.4 is 5.32 Å². The first-order chi connectivity index (χ1) is 9.58. The van der Waals surface area contributed by atoms with E-state index in [0.29, 0.717) is 0 Å². The number of hydrogen-bond donors (Lipinski definition) is 1. The van der Waals surface area contributed by atoms with Gasteiger partial charge in [-0.1, -0.05) is 23.8 Å². The van der Waals surface area contributed by atoms with Crippen LogP contribution in [-0.4, -0.2) is 12.8 Å². The van der Waals surface area contributed by atoms with E-state index in [-0.39, 0.29) is 11.9 Å². The van der Waals surface area contributed by atoms with Crippen molar-refractivity contribution in [1.82, 2.24) is 5.32 Å². The topological polar surface area (TPSA) is 12.0 Å². The van der Waals surface area contributed by atoms with Crippen molar-refractivity contribution in [3.05, 3.63) is 65.0 Å². The molecule has 0 saturated carbocycles. The van der Waals surface area contributed by atoms with Gasteiger partial charge in [0, 0.05) is 16.7 Å². The van der Waals surface area contributed by atoms with Gasteiger partial charge in [0.2, 0.25) is 0 Å². The molecule has 0 bridgehead atoms. The summed E-state index contributed by atoms with van der Waals surface area (Å²) in [4.78, 5) is 1.24. The van der Waals surface area contributed by atoms with Crippen molar-refractivity contribution >= 4 is 11.8 Å². The van der Waals surface area contributed by atoms with Gasteiger partial charge in [0.15, 0.2) is 0 Å². The van der Waals surface area contributed by atoms with Crippen molar-refractivity contribution in [3.63, 3.8) is 0 Å². The average molecular weight is 289 g/mol. The molecule has 1 nitrogen and oxygen atoms in total. The van der Waals surface area contributed by atoms with Crippen molar-refractivity contribution in [2.24, 2.45) is 0 Å². The smallest absolute Gasteiger partial charge is 0.123 e. The summed E-state index contributed by atoms with van der Waals surface area (Å²) in [5.41, 5.74) is 3.23. The first kappa shape index (κ1) is 15.1. The van der Waals surface area contributed by atoms with Crippen molar-refractivity contribution in [1.29, 1.82) is 0 Å². The molecule has 0 aliphatic heterocycles. The molecule has 0 radical (unpaired) electrons. The number of benzene rings is 2. The molecule has 0 heterocycles. The largest absolute Gasteiger partial charge is 0.312 e. The molecular weight excluding hydrogens is 269 g/mol. The molecule has 2 rings (SSSR count). The van der Waals surface area contributed by atoms with Crippen molar-refractivity contribution in [3.8, 4) is 0 Å². The van der Waals surface area contributed by atoms with Gasteiger partial charge in [0.1, 0.15) is 5.82 Å². The molecule has 0 spiro atoms. The molecule has 0 aliphatic carbocycles. The van der Waals surface area contributed by atoms with Gasteiger partial charge < -0.3 is 5.32 Å². The first-order valence-corrected chi connectivity index (χ1v) is 7.71. The summed E-state index contributed by atoms with van der Waals surface area (Å²) >= 11 is 1.78. The molecule has 1 unspecified atom stereocenters. The summed E-state index contributed by atoms with van der Waals surface area (Å²) in [7, 11) is 1.92. The van der Waals surface area contributed by atoms with Crippen LogP contribution in [0, 0.1) is 19.7 Å². The van der Waals surface area contributed by atoms with Crippen LogP contribution in [0.25, 0.3) is 0 Å². The lowest BCUT2D eigenvalue weighted by atomic mass is 10.1. The fraction of sp³-hybridized carbons (Fsp3) is 0.294. The lowest BCUT2D eigenvalue weighted by molar-refractivity contribution is 0.609. The summed E-state index contributed by atoms with van der Waals surface area (Å²) in [6.07, 6.45) is 0. The van der Waals surface area contributed by atoms with Gasteiger partial charge in [0.05, 0.1) is 0 Å². The highest BCUT2D eigenvalue weighted by Crippen LogP contribution is 2.25. The molecule has 2 aromatic carbocycles. The maximum absolute atomic E-state index is 13.5. The van der Waals surface area contributed by atoms with E-state index in [1.807, 2.05) is 20.0 Å². The maximum Gasteiger partial charge on any atom is 0.123 e. The van der Waals surface area contributed by atoms with Crippen LogP contribution in [0.4, 0.5) is 4.39 Å².